The van der Waals surface area contributed by atoms with E-state index in [1.807, 2.05) is 18.5 Å². The van der Waals surface area contributed by atoms with Gasteiger partial charge in [-0.15, -0.1) is 0 Å². The number of aromatic carboxylic acids is 1. The van der Waals surface area contributed by atoms with Crippen LogP contribution in [0.2, 0.25) is 0 Å². The van der Waals surface area contributed by atoms with Gasteiger partial charge in [0, 0.05) is 11.3 Å². The van der Waals surface area contributed by atoms with E-state index in [-0.39, 0.29) is 5.56 Å². The molecule has 0 spiro atoms. The summed E-state index contributed by atoms with van der Waals surface area (Å²) < 4.78 is 1.98. The summed E-state index contributed by atoms with van der Waals surface area (Å²) in [5.41, 5.74) is 9.24. The number of benzene rings is 2. The fraction of sp³-hybridized carbons (Fsp3) is 0.190. The number of aromatic nitrogens is 2. The summed E-state index contributed by atoms with van der Waals surface area (Å²) in [6.45, 7) is 6.77. The summed E-state index contributed by atoms with van der Waals surface area (Å²) in [6.07, 6.45) is 1.74. The average Bonchev–Trinajstić information content (AvgIpc) is 2.91. The lowest BCUT2D eigenvalue weighted by molar-refractivity contribution is 0.0697. The quantitative estimate of drug-likeness (QED) is 0.513. The molecule has 2 aromatic carbocycles. The Bertz CT molecular complexity index is 971. The summed E-state index contributed by atoms with van der Waals surface area (Å²) >= 11 is 0. The maximum absolute atomic E-state index is 10.9. The number of hydrogen-bond donors (Lipinski definition) is 2. The number of carboxylic acid groups (broad SMARTS) is 1. The topological polar surface area (TPSA) is 79.5 Å². The number of hydrogen-bond acceptors (Lipinski definition) is 4. The second kappa shape index (κ2) is 7.86. The monoisotopic (exact) mass is 362 g/mol. The van der Waals surface area contributed by atoms with Crippen LogP contribution in [0.4, 0.5) is 5.69 Å². The third-order valence-electron chi connectivity index (χ3n) is 4.41. The van der Waals surface area contributed by atoms with Gasteiger partial charge >= 0.3 is 5.97 Å². The number of nitrogens with one attached hydrogen (secondary N) is 1. The molecule has 2 N–H and O–H groups in total. The molecule has 27 heavy (non-hydrogen) atoms. The number of hydrazone groups is 1. The largest absolute Gasteiger partial charge is 0.478 e. The second-order valence-corrected chi connectivity index (χ2v) is 6.48. The lowest BCUT2D eigenvalue weighted by Gasteiger charge is -2.05. The number of nitrogens with zero attached hydrogens (tertiary/aromatic N) is 3. The molecule has 6 heteroatoms. The highest BCUT2D eigenvalue weighted by atomic mass is 16.4. The van der Waals surface area contributed by atoms with E-state index in [0.29, 0.717) is 6.54 Å². The molecule has 0 radical (unpaired) electrons. The van der Waals surface area contributed by atoms with Crippen molar-refractivity contribution in [1.29, 1.82) is 0 Å². The van der Waals surface area contributed by atoms with Crippen LogP contribution in [0.25, 0.3) is 0 Å². The second-order valence-electron chi connectivity index (χ2n) is 6.48. The van der Waals surface area contributed by atoms with E-state index < -0.39 is 5.97 Å². The van der Waals surface area contributed by atoms with Crippen LogP contribution in [0.1, 0.15) is 38.4 Å². The first-order valence-electron chi connectivity index (χ1n) is 8.66. The summed E-state index contributed by atoms with van der Waals surface area (Å²) in [6, 6.07) is 14.9. The number of rotatable bonds is 6. The number of anilines is 1. The molecule has 0 amide bonds. The SMILES string of the molecule is Cc1ccc(Cn2nc(C)c(/C=N\Nc3ccc(C(=O)O)cc3)c2C)cc1. The van der Waals surface area contributed by atoms with Crippen LogP contribution in [0, 0.1) is 20.8 Å². The highest BCUT2D eigenvalue weighted by molar-refractivity contribution is 5.88. The van der Waals surface area contributed by atoms with Gasteiger partial charge in [-0.05, 0) is 50.6 Å². The molecule has 0 bridgehead atoms. The van der Waals surface area contributed by atoms with Gasteiger partial charge in [-0.1, -0.05) is 29.8 Å². The predicted molar refractivity (Wildman–Crippen MR) is 107 cm³/mol. The molecule has 1 aromatic heterocycles. The summed E-state index contributed by atoms with van der Waals surface area (Å²) in [4.78, 5) is 10.9. The fourth-order valence-corrected chi connectivity index (χ4v) is 2.78. The molecule has 3 rings (SSSR count). The van der Waals surface area contributed by atoms with Gasteiger partial charge in [0.1, 0.15) is 0 Å². The van der Waals surface area contributed by atoms with Gasteiger partial charge in [-0.3, -0.25) is 10.1 Å². The van der Waals surface area contributed by atoms with Gasteiger partial charge < -0.3 is 5.11 Å². The third kappa shape index (κ3) is 4.41. The molecule has 0 saturated carbocycles. The molecular weight excluding hydrogens is 340 g/mol. The molecule has 6 nitrogen and oxygen atoms in total. The van der Waals surface area contributed by atoms with Crippen LogP contribution >= 0.6 is 0 Å². The Morgan fingerprint density at radius 1 is 1.11 bits per heavy atom. The Labute approximate surface area is 158 Å². The van der Waals surface area contributed by atoms with E-state index in [9.17, 15) is 4.79 Å². The highest BCUT2D eigenvalue weighted by Gasteiger charge is 2.10. The standard InChI is InChI=1S/C21H22N4O2/c1-14-4-6-17(7-5-14)13-25-16(3)20(15(2)24-25)12-22-23-19-10-8-18(9-11-19)21(26)27/h4-12,23H,13H2,1-3H3,(H,26,27)/b22-12-. The zero-order chi connectivity index (χ0) is 19.4. The van der Waals surface area contributed by atoms with Crippen LogP contribution in [0.3, 0.4) is 0 Å². The molecule has 0 atom stereocenters. The highest BCUT2D eigenvalue weighted by Crippen LogP contribution is 2.14. The van der Waals surface area contributed by atoms with Gasteiger partial charge in [0.2, 0.25) is 0 Å². The zero-order valence-electron chi connectivity index (χ0n) is 15.6. The van der Waals surface area contributed by atoms with Crippen molar-refractivity contribution >= 4 is 17.9 Å². The minimum atomic E-state index is -0.947. The van der Waals surface area contributed by atoms with Crippen LogP contribution in [-0.4, -0.2) is 27.1 Å². The molecule has 0 unspecified atom stereocenters. The minimum Gasteiger partial charge on any atom is -0.478 e. The number of carboxylic acids is 1. The average molecular weight is 362 g/mol. The van der Waals surface area contributed by atoms with Crippen molar-refractivity contribution in [3.63, 3.8) is 0 Å². The zero-order valence-corrected chi connectivity index (χ0v) is 15.6. The first-order valence-corrected chi connectivity index (χ1v) is 8.66. The summed E-state index contributed by atoms with van der Waals surface area (Å²) in [5.74, 6) is -0.947. The molecule has 0 aliphatic rings. The van der Waals surface area contributed by atoms with Crippen molar-refractivity contribution < 1.29 is 9.90 Å². The molecule has 3 aromatic rings. The molecule has 1 heterocycles. The molecule has 0 aliphatic carbocycles. The van der Waals surface area contributed by atoms with E-state index in [1.54, 1.807) is 18.3 Å². The fourth-order valence-electron chi connectivity index (χ4n) is 2.78. The summed E-state index contributed by atoms with van der Waals surface area (Å²) in [5, 5.41) is 17.8. The normalized spacial score (nSPS) is 11.1. The molecule has 0 saturated heterocycles. The van der Waals surface area contributed by atoms with Gasteiger partial charge in [-0.25, -0.2) is 4.79 Å². The van der Waals surface area contributed by atoms with Crippen molar-refractivity contribution in [2.45, 2.75) is 27.3 Å². The minimum absolute atomic E-state index is 0.244. The van der Waals surface area contributed by atoms with Crippen LogP contribution < -0.4 is 5.43 Å². The van der Waals surface area contributed by atoms with Crippen LogP contribution in [-0.2, 0) is 6.54 Å². The Hall–Kier alpha value is -3.41. The van der Waals surface area contributed by atoms with Crippen LogP contribution in [0.5, 0.6) is 0 Å². The van der Waals surface area contributed by atoms with E-state index in [1.165, 1.54) is 23.3 Å². The van der Waals surface area contributed by atoms with Crippen molar-refractivity contribution in [2.24, 2.45) is 5.10 Å². The van der Waals surface area contributed by atoms with Gasteiger partial charge in [-0.2, -0.15) is 10.2 Å². The first-order chi connectivity index (χ1) is 12.9. The smallest absolute Gasteiger partial charge is 0.335 e. The van der Waals surface area contributed by atoms with E-state index in [0.717, 1.165) is 22.6 Å². The molecule has 0 fully saturated rings. The maximum atomic E-state index is 10.9. The van der Waals surface area contributed by atoms with Crippen molar-refractivity contribution in [2.75, 3.05) is 5.43 Å². The predicted octanol–water partition coefficient (Wildman–Crippen LogP) is 4.00. The van der Waals surface area contributed by atoms with Gasteiger partial charge in [0.05, 0.1) is 29.7 Å². The Balaban J connectivity index is 1.71. The van der Waals surface area contributed by atoms with Crippen LogP contribution in [0.15, 0.2) is 53.6 Å². The van der Waals surface area contributed by atoms with E-state index in [2.05, 4.69) is 46.8 Å². The Kier molecular flexibility index (Phi) is 5.35. The number of carbonyl (C=O) groups is 1. The number of aryl methyl sites for hydroxylation is 2. The van der Waals surface area contributed by atoms with Crippen molar-refractivity contribution in [3.05, 3.63) is 82.2 Å². The first kappa shape index (κ1) is 18.4. The molecule has 138 valence electrons. The van der Waals surface area contributed by atoms with Gasteiger partial charge in [0.25, 0.3) is 0 Å². The third-order valence-corrected chi connectivity index (χ3v) is 4.41. The maximum Gasteiger partial charge on any atom is 0.335 e. The Morgan fingerprint density at radius 2 is 1.78 bits per heavy atom. The van der Waals surface area contributed by atoms with E-state index >= 15 is 0 Å². The molecular formula is C21H22N4O2. The molecule has 0 aliphatic heterocycles. The van der Waals surface area contributed by atoms with E-state index in [4.69, 9.17) is 5.11 Å². The Morgan fingerprint density at radius 3 is 2.41 bits per heavy atom. The van der Waals surface area contributed by atoms with Crippen molar-refractivity contribution in [3.8, 4) is 0 Å². The lowest BCUT2D eigenvalue weighted by Crippen LogP contribution is -2.04. The van der Waals surface area contributed by atoms with Crippen molar-refractivity contribution in [1.82, 2.24) is 9.78 Å². The lowest BCUT2D eigenvalue weighted by atomic mass is 10.1. The summed E-state index contributed by atoms with van der Waals surface area (Å²) in [7, 11) is 0. The van der Waals surface area contributed by atoms with Gasteiger partial charge in [0.15, 0.2) is 0 Å².